The number of nitrogens with one attached hydrogen (secondary N) is 6. The lowest BCUT2D eigenvalue weighted by atomic mass is 9.72. The zero-order valence-electron chi connectivity index (χ0n) is 35.9. The molecule has 306 valence electrons. The van der Waals surface area contributed by atoms with Crippen molar-refractivity contribution in [3.05, 3.63) is 12.7 Å². The number of hydrogen-bond donors (Lipinski definition) is 6. The predicted octanol–water partition coefficient (Wildman–Crippen LogP) is 5.72. The molecule has 4 heterocycles. The summed E-state index contributed by atoms with van der Waals surface area (Å²) in [5.41, 5.74) is 0.239. The van der Waals surface area contributed by atoms with Crippen LogP contribution in [0.1, 0.15) is 122 Å². The van der Waals surface area contributed by atoms with E-state index in [0.717, 1.165) is 77.8 Å². The van der Waals surface area contributed by atoms with E-state index in [-0.39, 0.29) is 34.2 Å². The van der Waals surface area contributed by atoms with Crippen LogP contribution in [0.2, 0.25) is 0 Å². The molecule has 0 aliphatic carbocycles. The van der Waals surface area contributed by atoms with E-state index >= 15 is 0 Å². The van der Waals surface area contributed by atoms with Crippen molar-refractivity contribution in [1.82, 2.24) is 50.3 Å². The molecule has 2 fully saturated rings. The fourth-order valence-corrected chi connectivity index (χ4v) is 9.53. The van der Waals surface area contributed by atoms with Crippen LogP contribution in [0.4, 0.5) is 23.8 Å². The second-order valence-corrected chi connectivity index (χ2v) is 18.4. The molecule has 0 radical (unpaired) electrons. The summed E-state index contributed by atoms with van der Waals surface area (Å²) in [5, 5.41) is 21.9. The number of rotatable bonds is 21. The first-order valence-corrected chi connectivity index (χ1v) is 20.9. The Bertz CT molecular complexity index is 1270. The Balaban J connectivity index is 1.36. The third-order valence-corrected chi connectivity index (χ3v) is 11.3. The lowest BCUT2D eigenvalue weighted by Crippen LogP contribution is -2.60. The van der Waals surface area contributed by atoms with Crippen LogP contribution < -0.4 is 31.9 Å². The Morgan fingerprint density at radius 2 is 0.870 bits per heavy atom. The Labute approximate surface area is 327 Å². The van der Waals surface area contributed by atoms with Crippen LogP contribution in [0, 0.1) is 11.8 Å². The lowest BCUT2D eigenvalue weighted by Gasteiger charge is -2.49. The quantitative estimate of drug-likeness (QED) is 0.0862. The molecule has 2 saturated heterocycles. The summed E-state index contributed by atoms with van der Waals surface area (Å²) in [6.07, 6.45) is 9.61. The molecule has 2 aromatic heterocycles. The highest BCUT2D eigenvalue weighted by molar-refractivity contribution is 5.36. The maximum atomic E-state index is 4.78. The fraction of sp³-hybridized carbons (Fsp3) is 0.850. The molecule has 2 atom stereocenters. The molecule has 0 amide bonds. The third kappa shape index (κ3) is 14.0. The molecule has 0 spiro atoms. The van der Waals surface area contributed by atoms with E-state index in [2.05, 4.69) is 145 Å². The van der Waals surface area contributed by atoms with Crippen LogP contribution in [-0.2, 0) is 0 Å². The van der Waals surface area contributed by atoms with Crippen LogP contribution in [0.25, 0.3) is 0 Å². The summed E-state index contributed by atoms with van der Waals surface area (Å²) in [6, 6.07) is 0.499. The smallest absolute Gasteiger partial charge is 0.227 e. The highest BCUT2D eigenvalue weighted by Gasteiger charge is 2.42. The molecule has 2 aliphatic heterocycles. The molecule has 54 heavy (non-hydrogen) atoms. The van der Waals surface area contributed by atoms with Crippen molar-refractivity contribution in [3.8, 4) is 0 Å². The summed E-state index contributed by atoms with van der Waals surface area (Å²) in [6.45, 7) is 34.9. The largest absolute Gasteiger partial charge is 0.352 e. The Kier molecular flexibility index (Phi) is 15.6. The van der Waals surface area contributed by atoms with Crippen LogP contribution in [-0.4, -0.2) is 126 Å². The molecule has 14 nitrogen and oxygen atoms in total. The molecule has 14 heteroatoms. The van der Waals surface area contributed by atoms with Gasteiger partial charge in [0.25, 0.3) is 0 Å². The van der Waals surface area contributed by atoms with Crippen molar-refractivity contribution in [1.29, 1.82) is 0 Å². The van der Waals surface area contributed by atoms with Gasteiger partial charge >= 0.3 is 0 Å². The molecule has 4 rings (SSSR count). The molecule has 2 aromatic rings. The van der Waals surface area contributed by atoms with Gasteiger partial charge in [0.15, 0.2) is 0 Å². The Morgan fingerprint density at radius 3 is 1.19 bits per heavy atom. The summed E-state index contributed by atoms with van der Waals surface area (Å²) in [5.74, 6) is 3.29. The van der Waals surface area contributed by atoms with Gasteiger partial charge in [-0.25, -0.2) is 19.9 Å². The summed E-state index contributed by atoms with van der Waals surface area (Å²) >= 11 is 0. The van der Waals surface area contributed by atoms with Gasteiger partial charge < -0.3 is 41.7 Å². The topological polar surface area (TPSA) is 156 Å². The van der Waals surface area contributed by atoms with Crippen molar-refractivity contribution in [3.63, 3.8) is 0 Å². The van der Waals surface area contributed by atoms with Crippen molar-refractivity contribution in [2.75, 3.05) is 73.6 Å². The SMILES string of the molecule is CCN(CC)CCC(Nc1ncnc(NCCNc2ncnc(NC(CCN(CC)CC)C3CC(C)(C)NC(C)(C)C3)n2)n1)C1CC(C)(C)NC(C)(C)C1. The van der Waals surface area contributed by atoms with E-state index in [1.54, 1.807) is 12.7 Å². The van der Waals surface area contributed by atoms with E-state index < -0.39 is 0 Å². The molecule has 6 N–H and O–H groups in total. The van der Waals surface area contributed by atoms with Crippen molar-refractivity contribution < 1.29 is 0 Å². The molecular formula is C40H76N14. The van der Waals surface area contributed by atoms with E-state index in [1.165, 1.54) is 0 Å². The summed E-state index contributed by atoms with van der Waals surface area (Å²) in [7, 11) is 0. The fourth-order valence-electron chi connectivity index (χ4n) is 9.53. The molecule has 0 bridgehead atoms. The predicted molar refractivity (Wildman–Crippen MR) is 224 cm³/mol. The Hall–Kier alpha value is -2.94. The number of piperidine rings is 2. The van der Waals surface area contributed by atoms with Gasteiger partial charge in [0.1, 0.15) is 12.7 Å². The van der Waals surface area contributed by atoms with Gasteiger partial charge in [-0.3, -0.25) is 0 Å². The maximum Gasteiger partial charge on any atom is 0.227 e. The minimum atomic E-state index is 0.0597. The summed E-state index contributed by atoms with van der Waals surface area (Å²) < 4.78 is 0. The highest BCUT2D eigenvalue weighted by Crippen LogP contribution is 2.38. The van der Waals surface area contributed by atoms with Gasteiger partial charge in [-0.15, -0.1) is 0 Å². The van der Waals surface area contributed by atoms with Gasteiger partial charge in [0, 0.05) is 60.4 Å². The van der Waals surface area contributed by atoms with Crippen LogP contribution in [0.3, 0.4) is 0 Å². The minimum absolute atomic E-state index is 0.0597. The molecule has 0 aromatic carbocycles. The maximum absolute atomic E-state index is 4.78. The monoisotopic (exact) mass is 753 g/mol. The van der Waals surface area contributed by atoms with Gasteiger partial charge in [-0.1, -0.05) is 27.7 Å². The first kappa shape index (κ1) is 43.8. The lowest BCUT2D eigenvalue weighted by molar-refractivity contribution is 0.112. The third-order valence-electron chi connectivity index (χ3n) is 11.3. The first-order chi connectivity index (χ1) is 25.4. The van der Waals surface area contributed by atoms with Crippen LogP contribution >= 0.6 is 0 Å². The zero-order chi connectivity index (χ0) is 39.6. The second-order valence-electron chi connectivity index (χ2n) is 18.4. The van der Waals surface area contributed by atoms with Crippen molar-refractivity contribution >= 4 is 23.8 Å². The average Bonchev–Trinajstić information content (AvgIpc) is 3.07. The van der Waals surface area contributed by atoms with Crippen LogP contribution in [0.15, 0.2) is 12.7 Å². The van der Waals surface area contributed by atoms with E-state index in [0.29, 0.717) is 48.7 Å². The highest BCUT2D eigenvalue weighted by atomic mass is 15.2. The van der Waals surface area contributed by atoms with Gasteiger partial charge in [0.2, 0.25) is 23.8 Å². The van der Waals surface area contributed by atoms with Crippen molar-refractivity contribution in [2.24, 2.45) is 11.8 Å². The second kappa shape index (κ2) is 19.3. The van der Waals surface area contributed by atoms with Crippen LogP contribution in [0.5, 0.6) is 0 Å². The van der Waals surface area contributed by atoms with Gasteiger partial charge in [-0.05, 0) is 132 Å². The summed E-state index contributed by atoms with van der Waals surface area (Å²) in [4.78, 5) is 32.5. The molecule has 2 unspecified atom stereocenters. The number of nitrogens with zero attached hydrogens (tertiary/aromatic N) is 8. The standard InChI is InChI=1S/C40H76N14/c1-13-53(14-2)21-17-31(29-23-37(5,6)51-38(7,8)24-29)47-35-45-27-43-33(49-35)41-19-20-42-34-44-28-46-36(50-34)48-32(18-22-54(15-3)16-4)30-25-39(9,10)52-40(11,12)26-30/h27-32,51-52H,13-26H2,1-12H3,(H2,41,43,45,47,49)(H2,42,44,46,48,50). The van der Waals surface area contributed by atoms with Gasteiger partial charge in [0.05, 0.1) is 0 Å². The molecule has 0 saturated carbocycles. The normalized spacial score (nSPS) is 20.8. The minimum Gasteiger partial charge on any atom is -0.352 e. The van der Waals surface area contributed by atoms with E-state index in [9.17, 15) is 0 Å². The van der Waals surface area contributed by atoms with Gasteiger partial charge in [-0.2, -0.15) is 9.97 Å². The Morgan fingerprint density at radius 1 is 0.556 bits per heavy atom. The molecular weight excluding hydrogens is 677 g/mol. The van der Waals surface area contributed by atoms with E-state index in [1.807, 2.05) is 0 Å². The number of hydrogen-bond acceptors (Lipinski definition) is 14. The average molecular weight is 753 g/mol. The van der Waals surface area contributed by atoms with E-state index in [4.69, 9.17) is 9.97 Å². The number of aromatic nitrogens is 6. The number of anilines is 4. The molecule has 2 aliphatic rings. The zero-order valence-corrected chi connectivity index (χ0v) is 35.9. The van der Waals surface area contributed by atoms with Crippen molar-refractivity contribution in [2.45, 2.75) is 156 Å². The first-order valence-electron chi connectivity index (χ1n) is 20.9.